The Balaban J connectivity index is 2.52. The monoisotopic (exact) mass is 286 g/mol. The highest BCUT2D eigenvalue weighted by Gasteiger charge is 2.47. The number of hydrogen-bond acceptors (Lipinski definition) is 3. The lowest BCUT2D eigenvalue weighted by Gasteiger charge is -2.24. The van der Waals surface area contributed by atoms with Gasteiger partial charge in [0, 0.05) is 19.4 Å². The van der Waals surface area contributed by atoms with Gasteiger partial charge in [-0.2, -0.15) is 4.74 Å². The molecule has 0 aliphatic carbocycles. The van der Waals surface area contributed by atoms with E-state index in [2.05, 4.69) is 11.6 Å². The minimum atomic E-state index is -1.24. The van der Waals surface area contributed by atoms with Crippen molar-refractivity contribution in [1.82, 2.24) is 0 Å². The van der Waals surface area contributed by atoms with Gasteiger partial charge in [0.05, 0.1) is 0 Å². The lowest BCUT2D eigenvalue weighted by molar-refractivity contribution is -0.535. The van der Waals surface area contributed by atoms with E-state index < -0.39 is 11.3 Å². The SMILES string of the molecule is C=CCCC(C)(O)C1=[N+]([O-])C(C)(C)N=C1c1ccccc1. The van der Waals surface area contributed by atoms with E-state index in [1.54, 1.807) is 26.8 Å². The largest absolute Gasteiger partial charge is 0.622 e. The third kappa shape index (κ3) is 2.90. The van der Waals surface area contributed by atoms with Gasteiger partial charge >= 0.3 is 0 Å². The number of benzene rings is 1. The highest BCUT2D eigenvalue weighted by atomic mass is 16.5. The van der Waals surface area contributed by atoms with Crippen LogP contribution in [-0.4, -0.2) is 32.5 Å². The summed E-state index contributed by atoms with van der Waals surface area (Å²) >= 11 is 0. The molecule has 1 unspecified atom stereocenters. The van der Waals surface area contributed by atoms with Crippen molar-refractivity contribution in [3.63, 3.8) is 0 Å². The summed E-state index contributed by atoms with van der Waals surface area (Å²) < 4.78 is 0.832. The molecule has 1 N–H and O–H groups in total. The quantitative estimate of drug-likeness (QED) is 0.514. The lowest BCUT2D eigenvalue weighted by Crippen LogP contribution is -2.45. The number of rotatable bonds is 5. The Morgan fingerprint density at radius 2 is 2.00 bits per heavy atom. The first-order valence-corrected chi connectivity index (χ1v) is 7.13. The molecule has 0 saturated heterocycles. The van der Waals surface area contributed by atoms with Gasteiger partial charge in [0.1, 0.15) is 11.3 Å². The second-order valence-electron chi connectivity index (χ2n) is 6.07. The van der Waals surface area contributed by atoms with Gasteiger partial charge in [0.15, 0.2) is 0 Å². The predicted octanol–water partition coefficient (Wildman–Crippen LogP) is 2.89. The Morgan fingerprint density at radius 1 is 1.38 bits per heavy atom. The van der Waals surface area contributed by atoms with Gasteiger partial charge in [-0.05, 0) is 19.8 Å². The number of allylic oxidation sites excluding steroid dienone is 1. The molecule has 4 nitrogen and oxygen atoms in total. The highest BCUT2D eigenvalue weighted by molar-refractivity contribution is 6.49. The minimum Gasteiger partial charge on any atom is -0.622 e. The molecule has 1 heterocycles. The number of hydrogen-bond donors (Lipinski definition) is 1. The third-order valence-corrected chi connectivity index (χ3v) is 3.70. The van der Waals surface area contributed by atoms with Crippen molar-refractivity contribution in [3.05, 3.63) is 53.8 Å². The molecule has 1 atom stereocenters. The van der Waals surface area contributed by atoms with Crippen LogP contribution in [0.15, 0.2) is 48.0 Å². The molecule has 0 fully saturated rings. The van der Waals surface area contributed by atoms with Crippen LogP contribution in [0, 0.1) is 5.21 Å². The van der Waals surface area contributed by atoms with Crippen LogP contribution < -0.4 is 0 Å². The van der Waals surface area contributed by atoms with Crippen molar-refractivity contribution in [2.75, 3.05) is 0 Å². The van der Waals surface area contributed by atoms with E-state index in [0.29, 0.717) is 24.3 Å². The Labute approximate surface area is 125 Å². The zero-order valence-corrected chi connectivity index (χ0v) is 12.8. The molecule has 0 spiro atoms. The Hall–Kier alpha value is -1.94. The fraction of sp³-hybridized carbons (Fsp3) is 0.412. The zero-order chi connectivity index (χ0) is 15.7. The van der Waals surface area contributed by atoms with Crippen molar-refractivity contribution in [1.29, 1.82) is 0 Å². The molecule has 1 aromatic carbocycles. The minimum absolute atomic E-state index is 0.334. The summed E-state index contributed by atoms with van der Waals surface area (Å²) in [5, 5.41) is 23.4. The third-order valence-electron chi connectivity index (χ3n) is 3.70. The average Bonchev–Trinajstić information content (AvgIpc) is 2.69. The van der Waals surface area contributed by atoms with Gasteiger partial charge < -0.3 is 10.3 Å². The molecule has 1 aromatic rings. The molecular formula is C17H22N2O2. The summed E-state index contributed by atoms with van der Waals surface area (Å²) in [6.07, 6.45) is 2.81. The topological polar surface area (TPSA) is 58.7 Å². The molecule has 0 radical (unpaired) electrons. The van der Waals surface area contributed by atoms with E-state index in [1.165, 1.54) is 0 Å². The summed E-state index contributed by atoms with van der Waals surface area (Å²) in [7, 11) is 0. The van der Waals surface area contributed by atoms with Crippen LogP contribution in [0.1, 0.15) is 39.2 Å². The van der Waals surface area contributed by atoms with Crippen molar-refractivity contribution in [2.45, 2.75) is 44.9 Å². The first-order chi connectivity index (χ1) is 9.79. The Morgan fingerprint density at radius 3 is 2.57 bits per heavy atom. The molecule has 21 heavy (non-hydrogen) atoms. The van der Waals surface area contributed by atoms with Crippen molar-refractivity contribution >= 4 is 11.4 Å². The normalized spacial score (nSPS) is 20.1. The first-order valence-electron chi connectivity index (χ1n) is 7.13. The maximum Gasteiger partial charge on any atom is 0.260 e. The van der Waals surface area contributed by atoms with Crippen molar-refractivity contribution < 1.29 is 9.85 Å². The fourth-order valence-corrected chi connectivity index (χ4v) is 2.51. The van der Waals surface area contributed by atoms with Gasteiger partial charge in [0.25, 0.3) is 5.66 Å². The fourth-order valence-electron chi connectivity index (χ4n) is 2.51. The van der Waals surface area contributed by atoms with E-state index in [-0.39, 0.29) is 0 Å². The predicted molar refractivity (Wildman–Crippen MR) is 85.7 cm³/mol. The summed E-state index contributed by atoms with van der Waals surface area (Å²) in [6.45, 7) is 8.84. The molecule has 0 amide bonds. The summed E-state index contributed by atoms with van der Waals surface area (Å²) in [5.74, 6) is 0. The number of nitrogens with zero attached hydrogens (tertiary/aromatic N) is 2. The molecule has 0 saturated carbocycles. The van der Waals surface area contributed by atoms with Crippen molar-refractivity contribution in [3.8, 4) is 0 Å². The molecule has 4 heteroatoms. The molecule has 0 aromatic heterocycles. The van der Waals surface area contributed by atoms with Gasteiger partial charge in [-0.25, -0.2) is 4.99 Å². The van der Waals surface area contributed by atoms with E-state index >= 15 is 0 Å². The van der Waals surface area contributed by atoms with Gasteiger partial charge in [0.2, 0.25) is 5.71 Å². The maximum atomic E-state index is 12.6. The molecule has 0 bridgehead atoms. The summed E-state index contributed by atoms with van der Waals surface area (Å²) in [5.41, 5.74) is -0.389. The van der Waals surface area contributed by atoms with Crippen LogP contribution in [0.3, 0.4) is 0 Å². The van der Waals surface area contributed by atoms with Crippen LogP contribution in [0.4, 0.5) is 0 Å². The van der Waals surface area contributed by atoms with Crippen LogP contribution in [-0.2, 0) is 0 Å². The Kier molecular flexibility index (Phi) is 4.01. The van der Waals surface area contributed by atoms with Crippen LogP contribution in [0.25, 0.3) is 0 Å². The maximum absolute atomic E-state index is 12.6. The highest BCUT2D eigenvalue weighted by Crippen LogP contribution is 2.28. The summed E-state index contributed by atoms with van der Waals surface area (Å²) in [6, 6.07) is 9.51. The molecular weight excluding hydrogens is 264 g/mol. The Bertz CT molecular complexity index is 598. The lowest BCUT2D eigenvalue weighted by atomic mass is 9.88. The molecule has 1 aliphatic rings. The van der Waals surface area contributed by atoms with E-state index in [9.17, 15) is 10.3 Å². The second-order valence-corrected chi connectivity index (χ2v) is 6.07. The van der Waals surface area contributed by atoms with Crippen molar-refractivity contribution in [2.24, 2.45) is 4.99 Å². The standard InChI is InChI=1S/C17H22N2O2/c1-5-6-12-17(4,20)15-14(13-10-8-7-9-11-13)18-16(2,3)19(15)21/h5,7-11,20H,1,6,12H2,2-4H3. The number of hydroxylamine groups is 1. The van der Waals surface area contributed by atoms with Gasteiger partial charge in [-0.15, -0.1) is 6.58 Å². The van der Waals surface area contributed by atoms with E-state index in [0.717, 1.165) is 10.3 Å². The second kappa shape index (κ2) is 5.45. The molecule has 1 aliphatic heterocycles. The molecule has 112 valence electrons. The van der Waals surface area contributed by atoms with E-state index in [1.807, 2.05) is 30.3 Å². The van der Waals surface area contributed by atoms with Crippen LogP contribution in [0.2, 0.25) is 0 Å². The summed E-state index contributed by atoms with van der Waals surface area (Å²) in [4.78, 5) is 4.53. The van der Waals surface area contributed by atoms with Gasteiger partial charge in [-0.1, -0.05) is 36.4 Å². The first kappa shape index (κ1) is 15.4. The molecule has 2 rings (SSSR count). The van der Waals surface area contributed by atoms with E-state index in [4.69, 9.17) is 0 Å². The zero-order valence-electron chi connectivity index (χ0n) is 12.8. The number of aliphatic hydroxyl groups is 1. The smallest absolute Gasteiger partial charge is 0.260 e. The number of aliphatic imine (C=N–C) groups is 1. The van der Waals surface area contributed by atoms with Crippen LogP contribution >= 0.6 is 0 Å². The van der Waals surface area contributed by atoms with Gasteiger partial charge in [-0.3, -0.25) is 0 Å². The van der Waals surface area contributed by atoms with Crippen LogP contribution in [0.5, 0.6) is 0 Å². The average molecular weight is 286 g/mol.